The number of nitrogens with zero attached hydrogens (tertiary/aromatic N) is 2. The van der Waals surface area contributed by atoms with E-state index in [-0.39, 0.29) is 5.41 Å². The topological polar surface area (TPSA) is 8.17 Å². The number of rotatable bonds is 5. The van der Waals surface area contributed by atoms with Crippen molar-refractivity contribution in [3.63, 3.8) is 0 Å². The number of fused-ring (bicyclic) bond motifs is 12. The molecule has 2 heterocycles. The maximum atomic E-state index is 2.65. The van der Waals surface area contributed by atoms with Gasteiger partial charge in [-0.2, -0.15) is 0 Å². The second-order valence-corrected chi connectivity index (χ2v) is 18.9. The van der Waals surface area contributed by atoms with Crippen LogP contribution in [0.5, 0.6) is 0 Å². The van der Waals surface area contributed by atoms with Crippen LogP contribution in [0.25, 0.3) is 71.3 Å². The van der Waals surface area contributed by atoms with Crippen molar-refractivity contribution >= 4 is 60.4 Å². The molecule has 2 unspecified atom stereocenters. The summed E-state index contributed by atoms with van der Waals surface area (Å²) in [6, 6.07) is 73.3. The van der Waals surface area contributed by atoms with Gasteiger partial charge in [0.05, 0.1) is 22.4 Å². The fourth-order valence-corrected chi connectivity index (χ4v) is 13.5. The van der Waals surface area contributed by atoms with Gasteiger partial charge in [-0.05, 0) is 160 Å². The molecule has 0 saturated heterocycles. The first kappa shape index (κ1) is 34.8. The number of hydrogen-bond donors (Lipinski definition) is 0. The Hall–Kier alpha value is -6.90. The molecule has 1 aromatic heterocycles. The van der Waals surface area contributed by atoms with Gasteiger partial charge in [-0.25, -0.2) is 0 Å². The summed E-state index contributed by atoms with van der Waals surface area (Å²) in [6.45, 7) is 0. The van der Waals surface area contributed by atoms with Gasteiger partial charge in [0.1, 0.15) is 0 Å². The lowest BCUT2D eigenvalue weighted by Crippen LogP contribution is -2.47. The molecule has 14 rings (SSSR count). The molecule has 3 fully saturated rings. The van der Waals surface area contributed by atoms with Gasteiger partial charge in [-0.15, -0.1) is 0 Å². The average Bonchev–Trinajstić information content (AvgIpc) is 3.77. The van der Waals surface area contributed by atoms with Gasteiger partial charge < -0.3 is 9.47 Å². The standard InChI is InChI=1S/C60H46N2/c1-3-18-49-39(12-1)14-10-21-50(49)41-26-28-47(29-27-41)61(56-25-11-15-40-13-2-4-19-51(40)56)48-17-9-16-42(34-48)44-35-53-52-20-5-7-23-57(52)62-58-24-8-6-22-54(58)60(55(36-44)59(53)62)37-45-31-38-30-43(45)33-46(60)32-38/h1-29,34-36,38,43,45-46H,30-33,37H2/t38-,43-,45?,46+,60?/m1/s1. The molecule has 1 spiro atoms. The Morgan fingerprint density at radius 2 is 1.16 bits per heavy atom. The van der Waals surface area contributed by atoms with E-state index >= 15 is 0 Å². The van der Waals surface area contributed by atoms with Gasteiger partial charge in [0.2, 0.25) is 0 Å². The summed E-state index contributed by atoms with van der Waals surface area (Å²) in [7, 11) is 0. The Morgan fingerprint density at radius 3 is 2.05 bits per heavy atom. The fraction of sp³-hybridized carbons (Fsp3) is 0.167. The Labute approximate surface area is 362 Å². The summed E-state index contributed by atoms with van der Waals surface area (Å²) in [4.78, 5) is 2.47. The molecule has 9 aromatic carbocycles. The predicted octanol–water partition coefficient (Wildman–Crippen LogP) is 15.9. The third-order valence-corrected chi connectivity index (χ3v) is 16.0. The molecule has 3 bridgehead atoms. The second-order valence-electron chi connectivity index (χ2n) is 18.9. The molecule has 296 valence electrons. The molecule has 2 nitrogen and oxygen atoms in total. The Morgan fingerprint density at radius 1 is 0.452 bits per heavy atom. The highest BCUT2D eigenvalue weighted by Crippen LogP contribution is 2.67. The number of hydrogen-bond acceptors (Lipinski definition) is 1. The summed E-state index contributed by atoms with van der Waals surface area (Å²) in [5, 5.41) is 7.74. The largest absolute Gasteiger partial charge is 0.310 e. The van der Waals surface area contributed by atoms with Crippen molar-refractivity contribution in [1.29, 1.82) is 0 Å². The van der Waals surface area contributed by atoms with Crippen molar-refractivity contribution < 1.29 is 0 Å². The van der Waals surface area contributed by atoms with E-state index in [1.807, 2.05) is 0 Å². The van der Waals surface area contributed by atoms with E-state index in [0.29, 0.717) is 5.92 Å². The highest BCUT2D eigenvalue weighted by atomic mass is 15.1. The van der Waals surface area contributed by atoms with Gasteiger partial charge in [0.15, 0.2) is 0 Å². The van der Waals surface area contributed by atoms with Crippen LogP contribution in [0, 0.1) is 23.7 Å². The van der Waals surface area contributed by atoms with Crippen LogP contribution < -0.4 is 4.90 Å². The highest BCUT2D eigenvalue weighted by Gasteiger charge is 2.58. The van der Waals surface area contributed by atoms with Gasteiger partial charge in [-0.1, -0.05) is 140 Å². The second kappa shape index (κ2) is 13.1. The van der Waals surface area contributed by atoms with Gasteiger partial charge in [-0.3, -0.25) is 0 Å². The van der Waals surface area contributed by atoms with E-state index in [1.54, 1.807) is 11.1 Å². The third-order valence-electron chi connectivity index (χ3n) is 16.0. The predicted molar refractivity (Wildman–Crippen MR) is 259 cm³/mol. The first-order valence-corrected chi connectivity index (χ1v) is 22.8. The molecule has 4 aliphatic rings. The lowest BCUT2D eigenvalue weighted by molar-refractivity contribution is 0.103. The van der Waals surface area contributed by atoms with Crippen LogP contribution in [-0.4, -0.2) is 4.57 Å². The van der Waals surface area contributed by atoms with E-state index < -0.39 is 0 Å². The molecule has 3 saturated carbocycles. The number of anilines is 3. The van der Waals surface area contributed by atoms with Crippen LogP contribution >= 0.6 is 0 Å². The van der Waals surface area contributed by atoms with E-state index in [2.05, 4.69) is 204 Å². The number of para-hydroxylation sites is 2. The van der Waals surface area contributed by atoms with E-state index in [9.17, 15) is 0 Å². The SMILES string of the molecule is c1cc(-c2cc3c4c(c2)c2ccccc2n4-c2ccccc2C32CC3C[C@H]4C[C@@H]3C[C@@H]2C4)cc(N(c2ccc(-c3cccc4ccccc34)cc2)c2cccc3ccccc23)c1. The van der Waals surface area contributed by atoms with Gasteiger partial charge >= 0.3 is 0 Å². The van der Waals surface area contributed by atoms with Crippen molar-refractivity contribution in [3.8, 4) is 27.9 Å². The summed E-state index contributed by atoms with van der Waals surface area (Å²) in [6.07, 6.45) is 6.89. The Kier molecular flexibility index (Phi) is 7.32. The maximum absolute atomic E-state index is 2.65. The van der Waals surface area contributed by atoms with Crippen molar-refractivity contribution in [2.45, 2.75) is 37.5 Å². The smallest absolute Gasteiger partial charge is 0.0582 e. The zero-order valence-corrected chi connectivity index (χ0v) is 34.7. The number of aromatic nitrogens is 1. The van der Waals surface area contributed by atoms with Crippen LogP contribution in [0.1, 0.15) is 43.2 Å². The van der Waals surface area contributed by atoms with Crippen molar-refractivity contribution in [2.75, 3.05) is 4.90 Å². The molecular formula is C60H46N2. The molecular weight excluding hydrogens is 749 g/mol. The maximum Gasteiger partial charge on any atom is 0.0582 e. The minimum Gasteiger partial charge on any atom is -0.310 e. The van der Waals surface area contributed by atoms with E-state index in [4.69, 9.17) is 0 Å². The summed E-state index contributed by atoms with van der Waals surface area (Å²) in [5.74, 6) is 3.27. The minimum atomic E-state index is 0.0178. The molecule has 0 radical (unpaired) electrons. The summed E-state index contributed by atoms with van der Waals surface area (Å²) < 4.78 is 2.63. The number of benzene rings is 9. The Bertz CT molecular complexity index is 3430. The lowest BCUT2D eigenvalue weighted by Gasteiger charge is -2.53. The van der Waals surface area contributed by atoms with Crippen LogP contribution in [-0.2, 0) is 5.41 Å². The van der Waals surface area contributed by atoms with E-state index in [1.165, 1.54) is 109 Å². The van der Waals surface area contributed by atoms with Crippen LogP contribution in [0.3, 0.4) is 0 Å². The van der Waals surface area contributed by atoms with Crippen LogP contribution in [0.4, 0.5) is 17.1 Å². The molecule has 0 N–H and O–H groups in total. The molecule has 10 aromatic rings. The lowest BCUT2D eigenvalue weighted by atomic mass is 9.52. The average molecular weight is 795 g/mol. The molecule has 2 heteroatoms. The van der Waals surface area contributed by atoms with Crippen LogP contribution in [0.2, 0.25) is 0 Å². The normalized spacial score (nSPS) is 21.9. The molecule has 1 aliphatic heterocycles. The van der Waals surface area contributed by atoms with Crippen molar-refractivity contribution in [3.05, 3.63) is 205 Å². The van der Waals surface area contributed by atoms with Gasteiger partial charge in [0.25, 0.3) is 0 Å². The van der Waals surface area contributed by atoms with E-state index in [0.717, 1.165) is 29.1 Å². The molecule has 3 aliphatic carbocycles. The molecule has 5 atom stereocenters. The summed E-state index contributed by atoms with van der Waals surface area (Å²) >= 11 is 0. The van der Waals surface area contributed by atoms with Crippen molar-refractivity contribution in [2.24, 2.45) is 23.7 Å². The zero-order valence-electron chi connectivity index (χ0n) is 34.7. The zero-order chi connectivity index (χ0) is 40.5. The van der Waals surface area contributed by atoms with Gasteiger partial charge in [0, 0.05) is 32.9 Å². The quantitative estimate of drug-likeness (QED) is 0.168. The first-order valence-electron chi connectivity index (χ1n) is 22.8. The molecule has 62 heavy (non-hydrogen) atoms. The third kappa shape index (κ3) is 4.87. The molecule has 0 amide bonds. The Balaban J connectivity index is 0.974. The highest BCUT2D eigenvalue weighted by molar-refractivity contribution is 6.13. The monoisotopic (exact) mass is 794 g/mol. The first-order chi connectivity index (χ1) is 30.7. The van der Waals surface area contributed by atoms with Crippen LogP contribution in [0.15, 0.2) is 194 Å². The van der Waals surface area contributed by atoms with Crippen molar-refractivity contribution in [1.82, 2.24) is 4.57 Å². The fourth-order valence-electron chi connectivity index (χ4n) is 13.5. The summed E-state index contributed by atoms with van der Waals surface area (Å²) in [5.41, 5.74) is 15.8. The minimum absolute atomic E-state index is 0.0178.